The predicted octanol–water partition coefficient (Wildman–Crippen LogP) is 2.87. The van der Waals surface area contributed by atoms with Gasteiger partial charge in [-0.2, -0.15) is 0 Å². The third kappa shape index (κ3) is 2.06. The summed E-state index contributed by atoms with van der Waals surface area (Å²) in [5.41, 5.74) is 6.81. The Bertz CT molecular complexity index is 578. The van der Waals surface area contributed by atoms with E-state index in [0.717, 1.165) is 21.5 Å². The predicted molar refractivity (Wildman–Crippen MR) is 74.9 cm³/mol. The van der Waals surface area contributed by atoms with E-state index in [-0.39, 0.29) is 0 Å². The van der Waals surface area contributed by atoms with E-state index in [1.165, 1.54) is 0 Å². The fourth-order valence-electron chi connectivity index (χ4n) is 1.81. The van der Waals surface area contributed by atoms with Gasteiger partial charge in [0, 0.05) is 29.9 Å². The van der Waals surface area contributed by atoms with Crippen LogP contribution < -0.4 is 10.6 Å². The zero-order valence-electron chi connectivity index (χ0n) is 9.81. The second-order valence-corrected chi connectivity index (χ2v) is 4.16. The highest BCUT2D eigenvalue weighted by Gasteiger charge is 2.10. The molecule has 3 nitrogen and oxygen atoms in total. The monoisotopic (exact) mass is 247 g/mol. The van der Waals surface area contributed by atoms with Crippen molar-refractivity contribution in [1.29, 1.82) is 0 Å². The van der Waals surface area contributed by atoms with Crippen LogP contribution in [-0.4, -0.2) is 20.1 Å². The van der Waals surface area contributed by atoms with Gasteiger partial charge < -0.3 is 10.6 Å². The Hall–Kier alpha value is -1.74. The van der Waals surface area contributed by atoms with E-state index >= 15 is 0 Å². The van der Waals surface area contributed by atoms with E-state index < -0.39 is 0 Å². The smallest absolute Gasteiger partial charge is 0.195 e. The lowest BCUT2D eigenvalue weighted by Crippen LogP contribution is -2.33. The Kier molecular flexibility index (Phi) is 3.20. The molecule has 2 N–H and O–H groups in total. The normalized spacial score (nSPS) is 11.8. The van der Waals surface area contributed by atoms with Crippen LogP contribution in [0.5, 0.6) is 0 Å². The van der Waals surface area contributed by atoms with Crippen LogP contribution in [0, 0.1) is 0 Å². The maximum atomic E-state index is 6.17. The van der Waals surface area contributed by atoms with Gasteiger partial charge in [-0.25, -0.2) is 0 Å². The van der Waals surface area contributed by atoms with Gasteiger partial charge in [0.15, 0.2) is 5.96 Å². The Morgan fingerprint density at radius 2 is 1.82 bits per heavy atom. The number of benzene rings is 2. The molecule has 0 aromatic heterocycles. The minimum atomic E-state index is 0.470. The summed E-state index contributed by atoms with van der Waals surface area (Å²) in [5, 5.41) is 2.82. The molecule has 17 heavy (non-hydrogen) atoms. The minimum Gasteiger partial charge on any atom is -0.370 e. The molecule has 0 aliphatic carbocycles. The van der Waals surface area contributed by atoms with Crippen molar-refractivity contribution in [3.8, 4) is 0 Å². The summed E-state index contributed by atoms with van der Waals surface area (Å²) in [5.74, 6) is 0.470. The molecule has 0 aliphatic heterocycles. The molecule has 0 unspecified atom stereocenters. The largest absolute Gasteiger partial charge is 0.370 e. The minimum absolute atomic E-state index is 0.470. The molecule has 0 aliphatic rings. The number of fused-ring (bicyclic) bond motifs is 1. The van der Waals surface area contributed by atoms with Gasteiger partial charge in [0.1, 0.15) is 0 Å². The zero-order valence-corrected chi connectivity index (χ0v) is 10.6. The van der Waals surface area contributed by atoms with Crippen LogP contribution in [0.2, 0.25) is 5.02 Å². The van der Waals surface area contributed by atoms with Gasteiger partial charge in [0.25, 0.3) is 0 Å². The first kappa shape index (κ1) is 11.7. The SMILES string of the molecule is CN=C(N)N(C)c1ccc(Cl)c2ccccc12. The number of guanidine groups is 1. The van der Waals surface area contributed by atoms with Gasteiger partial charge >= 0.3 is 0 Å². The zero-order chi connectivity index (χ0) is 12.4. The van der Waals surface area contributed by atoms with E-state index in [9.17, 15) is 0 Å². The second kappa shape index (κ2) is 4.63. The topological polar surface area (TPSA) is 41.6 Å². The maximum Gasteiger partial charge on any atom is 0.195 e. The van der Waals surface area contributed by atoms with Crippen molar-refractivity contribution in [2.24, 2.45) is 10.7 Å². The van der Waals surface area contributed by atoms with Crippen LogP contribution in [0.4, 0.5) is 5.69 Å². The molecule has 88 valence electrons. The summed E-state index contributed by atoms with van der Waals surface area (Å²) in [6.45, 7) is 0. The Balaban J connectivity index is 2.67. The van der Waals surface area contributed by atoms with Crippen molar-refractivity contribution >= 4 is 34.0 Å². The number of hydrogen-bond acceptors (Lipinski definition) is 1. The standard InChI is InChI=1S/C13H14ClN3/c1-16-13(15)17(2)12-8-7-11(14)9-5-3-4-6-10(9)12/h3-8H,1-2H3,(H2,15,16). The molecule has 0 amide bonds. The molecule has 0 bridgehead atoms. The average Bonchev–Trinajstić information content (AvgIpc) is 2.38. The van der Waals surface area contributed by atoms with Crippen molar-refractivity contribution in [2.75, 3.05) is 19.0 Å². The molecule has 2 aromatic rings. The van der Waals surface area contributed by atoms with E-state index in [4.69, 9.17) is 17.3 Å². The molecule has 4 heteroatoms. The highest BCUT2D eigenvalue weighted by molar-refractivity contribution is 6.36. The maximum absolute atomic E-state index is 6.17. The molecule has 0 saturated carbocycles. The van der Waals surface area contributed by atoms with Gasteiger partial charge in [-0.3, -0.25) is 4.99 Å². The summed E-state index contributed by atoms with van der Waals surface area (Å²) in [4.78, 5) is 5.83. The van der Waals surface area contributed by atoms with E-state index in [2.05, 4.69) is 4.99 Å². The molecule has 2 aromatic carbocycles. The van der Waals surface area contributed by atoms with Gasteiger partial charge in [0.05, 0.1) is 5.69 Å². The summed E-state index contributed by atoms with van der Waals surface area (Å²) < 4.78 is 0. The van der Waals surface area contributed by atoms with Crippen LogP contribution in [0.3, 0.4) is 0 Å². The van der Waals surface area contributed by atoms with Crippen molar-refractivity contribution in [3.05, 3.63) is 41.4 Å². The third-order valence-corrected chi connectivity index (χ3v) is 3.11. The first-order valence-corrected chi connectivity index (χ1v) is 5.66. The van der Waals surface area contributed by atoms with Crippen LogP contribution in [0.15, 0.2) is 41.4 Å². The van der Waals surface area contributed by atoms with Gasteiger partial charge in [-0.15, -0.1) is 0 Å². The number of nitrogens with two attached hydrogens (primary N) is 1. The van der Waals surface area contributed by atoms with Crippen molar-refractivity contribution in [1.82, 2.24) is 0 Å². The number of anilines is 1. The molecule has 0 fully saturated rings. The lowest BCUT2D eigenvalue weighted by molar-refractivity contribution is 1.21. The fraction of sp³-hybridized carbons (Fsp3) is 0.154. The molecule has 0 atom stereocenters. The van der Waals surface area contributed by atoms with Crippen LogP contribution in [0.25, 0.3) is 10.8 Å². The molecular formula is C13H14ClN3. The lowest BCUT2D eigenvalue weighted by Gasteiger charge is -2.20. The van der Waals surface area contributed by atoms with Crippen LogP contribution in [0.1, 0.15) is 0 Å². The van der Waals surface area contributed by atoms with Crippen molar-refractivity contribution in [3.63, 3.8) is 0 Å². The van der Waals surface area contributed by atoms with Gasteiger partial charge in [-0.05, 0) is 12.1 Å². The Labute approximate surface area is 106 Å². The Morgan fingerprint density at radius 1 is 1.18 bits per heavy atom. The summed E-state index contributed by atoms with van der Waals surface area (Å²) in [6, 6.07) is 11.8. The van der Waals surface area contributed by atoms with Gasteiger partial charge in [0.2, 0.25) is 0 Å². The van der Waals surface area contributed by atoms with E-state index in [0.29, 0.717) is 5.96 Å². The lowest BCUT2D eigenvalue weighted by atomic mass is 10.1. The molecule has 0 spiro atoms. The molecule has 0 heterocycles. The van der Waals surface area contributed by atoms with Crippen molar-refractivity contribution in [2.45, 2.75) is 0 Å². The fourth-order valence-corrected chi connectivity index (χ4v) is 2.04. The van der Waals surface area contributed by atoms with Crippen LogP contribution >= 0.6 is 11.6 Å². The first-order valence-electron chi connectivity index (χ1n) is 5.28. The molecule has 0 saturated heterocycles. The first-order chi connectivity index (χ1) is 8.15. The average molecular weight is 248 g/mol. The number of aliphatic imine (C=N–C) groups is 1. The molecule has 0 radical (unpaired) electrons. The molecular weight excluding hydrogens is 234 g/mol. The summed E-state index contributed by atoms with van der Waals surface area (Å²) in [6.07, 6.45) is 0. The number of halogens is 1. The van der Waals surface area contributed by atoms with Crippen molar-refractivity contribution < 1.29 is 0 Å². The second-order valence-electron chi connectivity index (χ2n) is 3.75. The summed E-state index contributed by atoms with van der Waals surface area (Å²) in [7, 11) is 3.56. The van der Waals surface area contributed by atoms with Crippen LogP contribution in [-0.2, 0) is 0 Å². The Morgan fingerprint density at radius 3 is 2.47 bits per heavy atom. The third-order valence-electron chi connectivity index (χ3n) is 2.78. The van der Waals surface area contributed by atoms with Gasteiger partial charge in [-0.1, -0.05) is 35.9 Å². The number of rotatable bonds is 1. The summed E-state index contributed by atoms with van der Waals surface area (Å²) >= 11 is 6.17. The van der Waals surface area contributed by atoms with E-state index in [1.54, 1.807) is 7.05 Å². The quantitative estimate of drug-likeness (QED) is 0.622. The number of nitrogens with zero attached hydrogens (tertiary/aromatic N) is 2. The highest BCUT2D eigenvalue weighted by Crippen LogP contribution is 2.31. The molecule has 2 rings (SSSR count). The highest BCUT2D eigenvalue weighted by atomic mass is 35.5. The number of hydrogen-bond donors (Lipinski definition) is 1. The van der Waals surface area contributed by atoms with E-state index in [1.807, 2.05) is 48.3 Å².